The Morgan fingerprint density at radius 3 is 2.50 bits per heavy atom. The summed E-state index contributed by atoms with van der Waals surface area (Å²) in [5.41, 5.74) is 4.65. The Balaban J connectivity index is 1.56. The number of carbonyl (C=O) groups is 1. The van der Waals surface area contributed by atoms with Crippen molar-refractivity contribution in [2.45, 2.75) is 13.8 Å². The first-order valence-corrected chi connectivity index (χ1v) is 11.8. The third-order valence-electron chi connectivity index (χ3n) is 5.62. The maximum atomic E-state index is 13.6. The number of hydrogen-bond acceptors (Lipinski definition) is 6. The van der Waals surface area contributed by atoms with Crippen LogP contribution in [-0.2, 0) is 0 Å². The molecule has 2 aromatic heterocycles. The second kappa shape index (κ2) is 9.11. The SMILES string of the molecule is CCOc1ccc2nc(NC(=O)c3c(C)c(-c4ccc(OC)cc4)nc4ccccc34)sc2c1. The van der Waals surface area contributed by atoms with Gasteiger partial charge in [0, 0.05) is 10.9 Å². The van der Waals surface area contributed by atoms with Gasteiger partial charge in [-0.15, -0.1) is 0 Å². The van der Waals surface area contributed by atoms with Gasteiger partial charge in [0.2, 0.25) is 0 Å². The van der Waals surface area contributed by atoms with Gasteiger partial charge in [-0.05, 0) is 67.9 Å². The third kappa shape index (κ3) is 4.06. The van der Waals surface area contributed by atoms with Crippen LogP contribution >= 0.6 is 11.3 Å². The van der Waals surface area contributed by atoms with Crippen molar-refractivity contribution in [2.24, 2.45) is 0 Å². The zero-order chi connectivity index (χ0) is 23.7. The molecular formula is C27H23N3O3S. The van der Waals surface area contributed by atoms with Crippen molar-refractivity contribution in [3.8, 4) is 22.8 Å². The largest absolute Gasteiger partial charge is 0.497 e. The summed E-state index contributed by atoms with van der Waals surface area (Å²) in [6.07, 6.45) is 0. The molecule has 7 heteroatoms. The van der Waals surface area contributed by atoms with Gasteiger partial charge < -0.3 is 9.47 Å². The van der Waals surface area contributed by atoms with Gasteiger partial charge in [-0.2, -0.15) is 0 Å². The van der Waals surface area contributed by atoms with Crippen LogP contribution in [0.3, 0.4) is 0 Å². The number of amides is 1. The van der Waals surface area contributed by atoms with E-state index in [1.54, 1.807) is 7.11 Å². The Bertz CT molecular complexity index is 1510. The maximum absolute atomic E-state index is 13.6. The lowest BCUT2D eigenvalue weighted by molar-refractivity contribution is 0.102. The number of carbonyl (C=O) groups excluding carboxylic acids is 1. The highest BCUT2D eigenvalue weighted by atomic mass is 32.1. The number of fused-ring (bicyclic) bond motifs is 2. The van der Waals surface area contributed by atoms with E-state index in [9.17, 15) is 4.79 Å². The van der Waals surface area contributed by atoms with E-state index in [4.69, 9.17) is 14.5 Å². The Morgan fingerprint density at radius 2 is 1.74 bits per heavy atom. The molecule has 34 heavy (non-hydrogen) atoms. The lowest BCUT2D eigenvalue weighted by atomic mass is 9.97. The van der Waals surface area contributed by atoms with E-state index in [1.165, 1.54) is 11.3 Å². The van der Waals surface area contributed by atoms with Crippen LogP contribution in [-0.4, -0.2) is 29.6 Å². The van der Waals surface area contributed by atoms with Crippen LogP contribution in [0.1, 0.15) is 22.8 Å². The highest BCUT2D eigenvalue weighted by molar-refractivity contribution is 7.22. The van der Waals surface area contributed by atoms with E-state index >= 15 is 0 Å². The summed E-state index contributed by atoms with van der Waals surface area (Å²) in [7, 11) is 1.64. The number of nitrogens with zero attached hydrogens (tertiary/aromatic N) is 2. The minimum Gasteiger partial charge on any atom is -0.497 e. The average Bonchev–Trinajstić information content (AvgIpc) is 3.25. The fourth-order valence-electron chi connectivity index (χ4n) is 4.00. The Hall–Kier alpha value is -3.97. The standard InChI is InChI=1S/C27H23N3O3S/c1-4-33-19-13-14-22-23(15-19)34-27(29-22)30-26(31)24-16(2)25(17-9-11-18(32-3)12-10-17)28-21-8-6-5-7-20(21)24/h5-15H,4H2,1-3H3,(H,29,30,31). The molecule has 5 rings (SSSR count). The Morgan fingerprint density at radius 1 is 0.971 bits per heavy atom. The minimum atomic E-state index is -0.213. The number of rotatable bonds is 6. The number of hydrogen-bond donors (Lipinski definition) is 1. The molecule has 0 saturated heterocycles. The second-order valence-corrected chi connectivity index (χ2v) is 8.77. The smallest absolute Gasteiger partial charge is 0.258 e. The first-order chi connectivity index (χ1) is 16.6. The molecule has 0 aliphatic heterocycles. The molecule has 0 atom stereocenters. The number of ether oxygens (including phenoxy) is 2. The summed E-state index contributed by atoms with van der Waals surface area (Å²) in [6.45, 7) is 4.48. The minimum absolute atomic E-state index is 0.213. The summed E-state index contributed by atoms with van der Waals surface area (Å²) in [4.78, 5) is 23.0. The lowest BCUT2D eigenvalue weighted by Gasteiger charge is -2.14. The molecule has 0 fully saturated rings. The molecule has 6 nitrogen and oxygen atoms in total. The van der Waals surface area contributed by atoms with Crippen LogP contribution in [0.4, 0.5) is 5.13 Å². The van der Waals surface area contributed by atoms with Crippen molar-refractivity contribution in [1.29, 1.82) is 0 Å². The summed E-state index contributed by atoms with van der Waals surface area (Å²) in [6, 6.07) is 21.1. The van der Waals surface area contributed by atoms with Gasteiger partial charge in [-0.1, -0.05) is 29.5 Å². The zero-order valence-electron chi connectivity index (χ0n) is 19.1. The van der Waals surface area contributed by atoms with Crippen LogP contribution in [0.5, 0.6) is 11.5 Å². The van der Waals surface area contributed by atoms with Crippen molar-refractivity contribution < 1.29 is 14.3 Å². The van der Waals surface area contributed by atoms with Gasteiger partial charge in [0.15, 0.2) is 5.13 Å². The molecule has 3 aromatic carbocycles. The topological polar surface area (TPSA) is 73.3 Å². The van der Waals surface area contributed by atoms with Gasteiger partial charge in [0.05, 0.1) is 40.7 Å². The molecule has 2 heterocycles. The normalized spacial score (nSPS) is 11.0. The average molecular weight is 470 g/mol. The van der Waals surface area contributed by atoms with E-state index in [0.29, 0.717) is 17.3 Å². The number of para-hydroxylation sites is 1. The van der Waals surface area contributed by atoms with Gasteiger partial charge in [0.1, 0.15) is 11.5 Å². The summed E-state index contributed by atoms with van der Waals surface area (Å²) < 4.78 is 11.8. The van der Waals surface area contributed by atoms with Crippen LogP contribution < -0.4 is 14.8 Å². The molecule has 170 valence electrons. The van der Waals surface area contributed by atoms with E-state index in [1.807, 2.05) is 80.6 Å². The van der Waals surface area contributed by atoms with E-state index < -0.39 is 0 Å². The van der Waals surface area contributed by atoms with Crippen molar-refractivity contribution >= 4 is 43.5 Å². The fourth-order valence-corrected chi connectivity index (χ4v) is 4.89. The number of benzene rings is 3. The molecule has 1 amide bonds. The molecule has 0 spiro atoms. The third-order valence-corrected chi connectivity index (χ3v) is 6.55. The van der Waals surface area contributed by atoms with E-state index in [-0.39, 0.29) is 5.91 Å². The first-order valence-electron chi connectivity index (χ1n) is 11.0. The summed E-state index contributed by atoms with van der Waals surface area (Å²) in [5, 5.41) is 4.35. The molecular weight excluding hydrogens is 446 g/mol. The van der Waals surface area contributed by atoms with Crippen molar-refractivity contribution in [1.82, 2.24) is 9.97 Å². The number of nitrogens with one attached hydrogen (secondary N) is 1. The maximum Gasteiger partial charge on any atom is 0.258 e. The molecule has 0 saturated carbocycles. The predicted octanol–water partition coefficient (Wildman–Crippen LogP) is 6.48. The molecule has 1 N–H and O–H groups in total. The molecule has 0 radical (unpaired) electrons. The quantitative estimate of drug-likeness (QED) is 0.308. The van der Waals surface area contributed by atoms with Crippen molar-refractivity contribution in [3.63, 3.8) is 0 Å². The first kappa shape index (κ1) is 21.9. The van der Waals surface area contributed by atoms with Gasteiger partial charge in [0.25, 0.3) is 5.91 Å². The number of aromatic nitrogens is 2. The molecule has 0 unspecified atom stereocenters. The van der Waals surface area contributed by atoms with Crippen molar-refractivity contribution in [2.75, 3.05) is 19.0 Å². The molecule has 0 aliphatic carbocycles. The Kier molecular flexibility index (Phi) is 5.86. The lowest BCUT2D eigenvalue weighted by Crippen LogP contribution is -2.15. The molecule has 5 aromatic rings. The summed E-state index contributed by atoms with van der Waals surface area (Å²) in [5.74, 6) is 1.34. The van der Waals surface area contributed by atoms with Crippen molar-refractivity contribution in [3.05, 3.63) is 77.9 Å². The zero-order valence-corrected chi connectivity index (χ0v) is 19.9. The van der Waals surface area contributed by atoms with Crippen LogP contribution in [0, 0.1) is 6.92 Å². The predicted molar refractivity (Wildman–Crippen MR) is 137 cm³/mol. The number of methoxy groups -OCH3 is 1. The van der Waals surface area contributed by atoms with Gasteiger partial charge >= 0.3 is 0 Å². The Labute approximate surface area is 201 Å². The van der Waals surface area contributed by atoms with Gasteiger partial charge in [-0.3, -0.25) is 10.1 Å². The summed E-state index contributed by atoms with van der Waals surface area (Å²) >= 11 is 1.42. The highest BCUT2D eigenvalue weighted by Gasteiger charge is 2.20. The monoisotopic (exact) mass is 469 g/mol. The highest BCUT2D eigenvalue weighted by Crippen LogP contribution is 2.33. The number of thiazole rings is 1. The number of anilines is 1. The van der Waals surface area contributed by atoms with Gasteiger partial charge in [-0.25, -0.2) is 9.97 Å². The van der Waals surface area contributed by atoms with E-state index in [2.05, 4.69) is 10.3 Å². The fraction of sp³-hybridized carbons (Fsp3) is 0.148. The van der Waals surface area contributed by atoms with Crippen LogP contribution in [0.2, 0.25) is 0 Å². The molecule has 0 bridgehead atoms. The number of pyridine rings is 1. The second-order valence-electron chi connectivity index (χ2n) is 7.74. The van der Waals surface area contributed by atoms with Crippen LogP contribution in [0.15, 0.2) is 66.7 Å². The van der Waals surface area contributed by atoms with E-state index in [0.717, 1.165) is 49.4 Å². The van der Waals surface area contributed by atoms with Crippen LogP contribution in [0.25, 0.3) is 32.4 Å². The molecule has 0 aliphatic rings.